The normalized spacial score (nSPS) is 25.3. The van der Waals surface area contributed by atoms with E-state index in [-0.39, 0.29) is 23.8 Å². The summed E-state index contributed by atoms with van der Waals surface area (Å²) in [6, 6.07) is 3.80. The van der Waals surface area contributed by atoms with Gasteiger partial charge in [0.2, 0.25) is 5.91 Å². The molecular formula is C11H12ClFN2O. The van der Waals surface area contributed by atoms with Gasteiger partial charge in [-0.1, -0.05) is 11.6 Å². The van der Waals surface area contributed by atoms with Gasteiger partial charge in [0.05, 0.1) is 12.1 Å². The smallest absolute Gasteiger partial charge is 0.236 e. The largest absolute Gasteiger partial charge is 0.353 e. The van der Waals surface area contributed by atoms with Gasteiger partial charge in [-0.2, -0.15) is 0 Å². The van der Waals surface area contributed by atoms with E-state index in [9.17, 15) is 9.18 Å². The van der Waals surface area contributed by atoms with Crippen molar-refractivity contribution >= 4 is 17.5 Å². The van der Waals surface area contributed by atoms with Gasteiger partial charge >= 0.3 is 0 Å². The van der Waals surface area contributed by atoms with Crippen molar-refractivity contribution in [2.45, 2.75) is 19.0 Å². The summed E-state index contributed by atoms with van der Waals surface area (Å²) in [5, 5.41) is 6.33. The van der Waals surface area contributed by atoms with Crippen LogP contribution >= 0.6 is 11.6 Å². The van der Waals surface area contributed by atoms with E-state index in [1.807, 2.05) is 0 Å². The van der Waals surface area contributed by atoms with Crippen molar-refractivity contribution in [2.24, 2.45) is 0 Å². The standard InChI is InChI=1S/C11H12ClFN2O/c1-6-11(16)14-5-10(15-6)8-4-7(13)2-3-9(8)12/h2-4,6,10,15H,5H2,1H3,(H,14,16). The van der Waals surface area contributed by atoms with Crippen LogP contribution in [-0.4, -0.2) is 18.5 Å². The maximum absolute atomic E-state index is 13.1. The predicted molar refractivity (Wildman–Crippen MR) is 59.8 cm³/mol. The molecule has 2 unspecified atom stereocenters. The van der Waals surface area contributed by atoms with Gasteiger partial charge in [0.25, 0.3) is 0 Å². The van der Waals surface area contributed by atoms with Gasteiger partial charge < -0.3 is 5.32 Å². The molecule has 16 heavy (non-hydrogen) atoms. The van der Waals surface area contributed by atoms with Crippen LogP contribution in [-0.2, 0) is 4.79 Å². The minimum Gasteiger partial charge on any atom is -0.353 e. The molecule has 1 aromatic carbocycles. The minimum atomic E-state index is -0.328. The number of piperazine rings is 1. The second kappa shape index (κ2) is 4.39. The lowest BCUT2D eigenvalue weighted by Gasteiger charge is -2.29. The quantitative estimate of drug-likeness (QED) is 0.786. The molecule has 1 saturated heterocycles. The maximum atomic E-state index is 13.1. The highest BCUT2D eigenvalue weighted by atomic mass is 35.5. The van der Waals surface area contributed by atoms with E-state index < -0.39 is 0 Å². The summed E-state index contributed by atoms with van der Waals surface area (Å²) in [4.78, 5) is 11.2. The predicted octanol–water partition coefficient (Wildman–Crippen LogP) is 1.63. The Kier molecular flexibility index (Phi) is 3.12. The zero-order valence-corrected chi connectivity index (χ0v) is 9.51. The molecule has 1 aliphatic heterocycles. The summed E-state index contributed by atoms with van der Waals surface area (Å²) < 4.78 is 13.1. The van der Waals surface area contributed by atoms with Crippen molar-refractivity contribution in [3.63, 3.8) is 0 Å². The van der Waals surface area contributed by atoms with Crippen LogP contribution in [0.25, 0.3) is 0 Å². The molecule has 86 valence electrons. The van der Waals surface area contributed by atoms with Crippen molar-refractivity contribution in [3.05, 3.63) is 34.6 Å². The lowest BCUT2D eigenvalue weighted by molar-refractivity contribution is -0.124. The summed E-state index contributed by atoms with van der Waals surface area (Å²) >= 11 is 5.99. The van der Waals surface area contributed by atoms with Crippen LogP contribution in [0.15, 0.2) is 18.2 Å². The Morgan fingerprint density at radius 1 is 1.50 bits per heavy atom. The molecule has 3 nitrogen and oxygen atoms in total. The Bertz CT molecular complexity index is 424. The van der Waals surface area contributed by atoms with Gasteiger partial charge in [0, 0.05) is 11.6 Å². The van der Waals surface area contributed by atoms with Gasteiger partial charge in [-0.05, 0) is 30.7 Å². The maximum Gasteiger partial charge on any atom is 0.236 e. The Morgan fingerprint density at radius 2 is 2.25 bits per heavy atom. The molecule has 1 amide bonds. The van der Waals surface area contributed by atoms with Crippen LogP contribution in [0.3, 0.4) is 0 Å². The van der Waals surface area contributed by atoms with Gasteiger partial charge in [-0.3, -0.25) is 10.1 Å². The van der Waals surface area contributed by atoms with E-state index in [0.717, 1.165) is 0 Å². The molecule has 2 atom stereocenters. The number of halogens is 2. The number of carbonyl (C=O) groups is 1. The lowest BCUT2D eigenvalue weighted by atomic mass is 10.0. The summed E-state index contributed by atoms with van der Waals surface area (Å²) in [5.41, 5.74) is 0.675. The van der Waals surface area contributed by atoms with Gasteiger partial charge in [-0.25, -0.2) is 4.39 Å². The molecular weight excluding hydrogens is 231 g/mol. The Hall–Kier alpha value is -1.13. The molecule has 0 saturated carbocycles. The van der Waals surface area contributed by atoms with Crippen LogP contribution < -0.4 is 10.6 Å². The van der Waals surface area contributed by atoms with E-state index in [0.29, 0.717) is 17.1 Å². The topological polar surface area (TPSA) is 41.1 Å². The van der Waals surface area contributed by atoms with Gasteiger partial charge in [-0.15, -0.1) is 0 Å². The summed E-state index contributed by atoms with van der Waals surface area (Å²) in [6.07, 6.45) is 0. The number of nitrogens with one attached hydrogen (secondary N) is 2. The second-order valence-electron chi connectivity index (χ2n) is 3.85. The fourth-order valence-electron chi connectivity index (χ4n) is 1.77. The number of rotatable bonds is 1. The molecule has 2 rings (SSSR count). The first-order valence-electron chi connectivity index (χ1n) is 5.06. The van der Waals surface area contributed by atoms with E-state index in [1.165, 1.54) is 18.2 Å². The number of benzene rings is 1. The fourth-order valence-corrected chi connectivity index (χ4v) is 2.02. The molecule has 0 bridgehead atoms. The average Bonchev–Trinajstić information content (AvgIpc) is 2.26. The lowest BCUT2D eigenvalue weighted by Crippen LogP contribution is -2.52. The van der Waals surface area contributed by atoms with Crippen LogP contribution in [0.2, 0.25) is 5.02 Å². The Balaban J connectivity index is 2.24. The Morgan fingerprint density at radius 3 is 2.94 bits per heavy atom. The van der Waals surface area contributed by atoms with Crippen molar-refractivity contribution in [1.82, 2.24) is 10.6 Å². The molecule has 5 heteroatoms. The van der Waals surface area contributed by atoms with Gasteiger partial charge in [0.1, 0.15) is 5.82 Å². The summed E-state index contributed by atoms with van der Waals surface area (Å²) in [7, 11) is 0. The molecule has 2 N–H and O–H groups in total. The molecule has 0 radical (unpaired) electrons. The SMILES string of the molecule is CC1NC(c2cc(F)ccc2Cl)CNC1=O. The zero-order chi connectivity index (χ0) is 11.7. The summed E-state index contributed by atoms with van der Waals surface area (Å²) in [6.45, 7) is 2.18. The second-order valence-corrected chi connectivity index (χ2v) is 4.26. The number of hydrogen-bond acceptors (Lipinski definition) is 2. The van der Waals surface area contributed by atoms with E-state index in [2.05, 4.69) is 10.6 Å². The highest BCUT2D eigenvalue weighted by Crippen LogP contribution is 2.25. The van der Waals surface area contributed by atoms with Crippen LogP contribution in [0.1, 0.15) is 18.5 Å². The monoisotopic (exact) mass is 242 g/mol. The number of amides is 1. The summed E-state index contributed by atoms with van der Waals surface area (Å²) in [5.74, 6) is -0.380. The molecule has 1 aromatic rings. The number of hydrogen-bond donors (Lipinski definition) is 2. The third-order valence-corrected chi connectivity index (χ3v) is 3.00. The fraction of sp³-hybridized carbons (Fsp3) is 0.364. The van der Waals surface area contributed by atoms with E-state index >= 15 is 0 Å². The van der Waals surface area contributed by atoms with Crippen molar-refractivity contribution in [1.29, 1.82) is 0 Å². The van der Waals surface area contributed by atoms with E-state index in [1.54, 1.807) is 6.92 Å². The van der Waals surface area contributed by atoms with Crippen LogP contribution in [0.5, 0.6) is 0 Å². The first-order valence-corrected chi connectivity index (χ1v) is 5.44. The van der Waals surface area contributed by atoms with Crippen LogP contribution in [0, 0.1) is 5.82 Å². The first kappa shape index (κ1) is 11.4. The molecule has 1 heterocycles. The highest BCUT2D eigenvalue weighted by Gasteiger charge is 2.26. The van der Waals surface area contributed by atoms with Crippen LogP contribution in [0.4, 0.5) is 4.39 Å². The zero-order valence-electron chi connectivity index (χ0n) is 8.76. The molecule has 1 fully saturated rings. The van der Waals surface area contributed by atoms with Crippen molar-refractivity contribution < 1.29 is 9.18 Å². The van der Waals surface area contributed by atoms with E-state index in [4.69, 9.17) is 11.6 Å². The van der Waals surface area contributed by atoms with Crippen molar-refractivity contribution in [3.8, 4) is 0 Å². The molecule has 0 aliphatic carbocycles. The molecule has 0 spiro atoms. The minimum absolute atomic E-state index is 0.0521. The first-order chi connectivity index (χ1) is 7.58. The highest BCUT2D eigenvalue weighted by molar-refractivity contribution is 6.31. The Labute approximate surface area is 98.0 Å². The average molecular weight is 243 g/mol. The molecule has 1 aliphatic rings. The van der Waals surface area contributed by atoms with Crippen molar-refractivity contribution in [2.75, 3.05) is 6.54 Å². The number of carbonyl (C=O) groups excluding carboxylic acids is 1. The third kappa shape index (κ3) is 2.18. The molecule has 0 aromatic heterocycles. The van der Waals surface area contributed by atoms with Gasteiger partial charge in [0.15, 0.2) is 0 Å². The third-order valence-electron chi connectivity index (χ3n) is 2.66.